The lowest BCUT2D eigenvalue weighted by Crippen LogP contribution is -2.30. The molecule has 0 aliphatic carbocycles. The van der Waals surface area contributed by atoms with Crippen LogP contribution in [0.4, 0.5) is 0 Å². The van der Waals surface area contributed by atoms with E-state index in [1.54, 1.807) is 0 Å². The van der Waals surface area contributed by atoms with Crippen molar-refractivity contribution in [3.05, 3.63) is 11.1 Å². The number of rotatable bonds is 0. The molecule has 0 spiro atoms. The number of esters is 2. The number of fused-ring (bicyclic) bond motifs is 5. The highest BCUT2D eigenvalue weighted by Crippen LogP contribution is 2.50. The summed E-state index contributed by atoms with van der Waals surface area (Å²) in [5.74, 6) is -1.59. The van der Waals surface area contributed by atoms with Crippen molar-refractivity contribution in [3.63, 3.8) is 0 Å². The Kier molecular flexibility index (Phi) is 1.32. The Morgan fingerprint density at radius 3 is 1.79 bits per heavy atom. The van der Waals surface area contributed by atoms with E-state index in [0.29, 0.717) is 0 Å². The fourth-order valence-electron chi connectivity index (χ4n) is 2.67. The van der Waals surface area contributed by atoms with Gasteiger partial charge in [-0.15, -0.1) is 0 Å². The fraction of sp³-hybridized carbons (Fsp3) is 0.600. The SMILES string of the molecule is CC1=C(C)C2OC1C1C(=O)OC(=O)C21. The first-order valence-corrected chi connectivity index (χ1v) is 4.69. The average molecular weight is 194 g/mol. The highest BCUT2D eigenvalue weighted by molar-refractivity contribution is 5.98. The number of carbonyl (C=O) groups excluding carboxylic acids is 2. The lowest BCUT2D eigenvalue weighted by Gasteiger charge is -2.17. The Bertz CT molecular complexity index is 348. The van der Waals surface area contributed by atoms with E-state index >= 15 is 0 Å². The zero-order valence-corrected chi connectivity index (χ0v) is 7.94. The van der Waals surface area contributed by atoms with Gasteiger partial charge in [0.25, 0.3) is 0 Å². The Labute approximate surface area is 80.9 Å². The van der Waals surface area contributed by atoms with Crippen molar-refractivity contribution in [2.75, 3.05) is 0 Å². The van der Waals surface area contributed by atoms with Gasteiger partial charge in [-0.1, -0.05) is 0 Å². The zero-order valence-electron chi connectivity index (χ0n) is 7.94. The maximum Gasteiger partial charge on any atom is 0.320 e. The maximum atomic E-state index is 11.4. The van der Waals surface area contributed by atoms with Crippen LogP contribution in [0.15, 0.2) is 11.1 Å². The van der Waals surface area contributed by atoms with Gasteiger partial charge in [0, 0.05) is 0 Å². The molecule has 0 N–H and O–H groups in total. The number of carbonyl (C=O) groups is 2. The van der Waals surface area contributed by atoms with Crippen LogP contribution in [-0.2, 0) is 19.1 Å². The van der Waals surface area contributed by atoms with Crippen LogP contribution in [0.25, 0.3) is 0 Å². The predicted octanol–water partition coefficient (Wildman–Crippen LogP) is 0.420. The molecule has 3 heterocycles. The van der Waals surface area contributed by atoms with Crippen molar-refractivity contribution in [2.45, 2.75) is 26.1 Å². The van der Waals surface area contributed by atoms with Crippen LogP contribution < -0.4 is 0 Å². The van der Waals surface area contributed by atoms with E-state index in [-0.39, 0.29) is 24.0 Å². The van der Waals surface area contributed by atoms with Gasteiger partial charge in [-0.2, -0.15) is 0 Å². The molecular formula is C10H10O4. The van der Waals surface area contributed by atoms with Crippen molar-refractivity contribution >= 4 is 11.9 Å². The molecule has 0 amide bonds. The molecule has 4 nitrogen and oxygen atoms in total. The normalized spacial score (nSPS) is 44.7. The minimum atomic E-state index is -0.417. The van der Waals surface area contributed by atoms with Crippen LogP contribution in [0.5, 0.6) is 0 Å². The Balaban J connectivity index is 2.10. The highest BCUT2D eigenvalue weighted by atomic mass is 16.6. The van der Waals surface area contributed by atoms with E-state index in [9.17, 15) is 9.59 Å². The molecular weight excluding hydrogens is 184 g/mol. The second-order valence-electron chi connectivity index (χ2n) is 4.14. The van der Waals surface area contributed by atoms with Gasteiger partial charge in [-0.25, -0.2) is 0 Å². The number of ether oxygens (including phenoxy) is 2. The third-order valence-electron chi connectivity index (χ3n) is 3.55. The van der Waals surface area contributed by atoms with E-state index < -0.39 is 11.9 Å². The molecule has 4 unspecified atom stereocenters. The lowest BCUT2D eigenvalue weighted by molar-refractivity contribution is -0.156. The van der Waals surface area contributed by atoms with Gasteiger partial charge in [0.2, 0.25) is 0 Å². The maximum absolute atomic E-state index is 11.4. The first kappa shape index (κ1) is 8.17. The topological polar surface area (TPSA) is 52.6 Å². The number of hydrogen-bond donors (Lipinski definition) is 0. The number of cyclic esters (lactones) is 2. The molecule has 2 fully saturated rings. The standard InChI is InChI=1S/C10H10O4/c1-3-4(2)8-6-5(7(3)13-8)9(11)14-10(6)12/h5-8H,1-2H3. The van der Waals surface area contributed by atoms with E-state index in [1.165, 1.54) is 0 Å². The zero-order chi connectivity index (χ0) is 10.0. The van der Waals surface area contributed by atoms with Gasteiger partial charge >= 0.3 is 11.9 Å². The van der Waals surface area contributed by atoms with E-state index in [4.69, 9.17) is 4.74 Å². The molecule has 4 atom stereocenters. The first-order valence-electron chi connectivity index (χ1n) is 4.69. The first-order chi connectivity index (χ1) is 6.61. The largest absolute Gasteiger partial charge is 0.393 e. The van der Waals surface area contributed by atoms with E-state index in [2.05, 4.69) is 4.74 Å². The summed E-state index contributed by atoms with van der Waals surface area (Å²) in [7, 11) is 0. The van der Waals surface area contributed by atoms with Gasteiger partial charge in [0.1, 0.15) is 11.8 Å². The third kappa shape index (κ3) is 0.696. The molecule has 0 aromatic carbocycles. The third-order valence-corrected chi connectivity index (χ3v) is 3.55. The summed E-state index contributed by atoms with van der Waals surface area (Å²) in [4.78, 5) is 22.7. The highest BCUT2D eigenvalue weighted by Gasteiger charge is 2.62. The Morgan fingerprint density at radius 1 is 0.929 bits per heavy atom. The summed E-state index contributed by atoms with van der Waals surface area (Å²) in [5, 5.41) is 0. The molecule has 0 radical (unpaired) electrons. The molecule has 2 bridgehead atoms. The molecule has 4 heteroatoms. The molecule has 14 heavy (non-hydrogen) atoms. The monoisotopic (exact) mass is 194 g/mol. The van der Waals surface area contributed by atoms with E-state index in [0.717, 1.165) is 11.1 Å². The lowest BCUT2D eigenvalue weighted by atomic mass is 9.78. The van der Waals surface area contributed by atoms with Crippen LogP contribution in [0.2, 0.25) is 0 Å². The van der Waals surface area contributed by atoms with Gasteiger partial charge in [-0.05, 0) is 25.0 Å². The van der Waals surface area contributed by atoms with Gasteiger partial charge in [-0.3, -0.25) is 9.59 Å². The summed E-state index contributed by atoms with van der Waals surface area (Å²) in [6.07, 6.45) is -0.437. The summed E-state index contributed by atoms with van der Waals surface area (Å²) in [6.45, 7) is 3.90. The molecule has 2 saturated heterocycles. The van der Waals surface area contributed by atoms with Crippen molar-refractivity contribution in [1.82, 2.24) is 0 Å². The van der Waals surface area contributed by atoms with Gasteiger partial charge < -0.3 is 9.47 Å². The molecule has 74 valence electrons. The minimum absolute atomic E-state index is 0.219. The predicted molar refractivity (Wildman–Crippen MR) is 45.1 cm³/mol. The average Bonchev–Trinajstić information content (AvgIpc) is 2.71. The van der Waals surface area contributed by atoms with Crippen molar-refractivity contribution in [2.24, 2.45) is 11.8 Å². The quantitative estimate of drug-likeness (QED) is 0.318. The summed E-state index contributed by atoms with van der Waals surface area (Å²) < 4.78 is 10.2. The molecule has 0 saturated carbocycles. The molecule has 0 aromatic rings. The van der Waals surface area contributed by atoms with Crippen molar-refractivity contribution < 1.29 is 19.1 Å². The van der Waals surface area contributed by atoms with Gasteiger partial charge in [0.15, 0.2) is 0 Å². The van der Waals surface area contributed by atoms with Crippen LogP contribution >= 0.6 is 0 Å². The smallest absolute Gasteiger partial charge is 0.320 e. The Morgan fingerprint density at radius 2 is 1.36 bits per heavy atom. The molecule has 0 aromatic heterocycles. The van der Waals surface area contributed by atoms with Crippen molar-refractivity contribution in [1.29, 1.82) is 0 Å². The van der Waals surface area contributed by atoms with Crippen LogP contribution in [0.3, 0.4) is 0 Å². The second-order valence-corrected chi connectivity index (χ2v) is 4.14. The molecule has 3 aliphatic heterocycles. The number of hydrogen-bond acceptors (Lipinski definition) is 4. The molecule has 3 aliphatic rings. The summed E-state index contributed by atoms with van der Waals surface area (Å²) in [5.41, 5.74) is 2.17. The van der Waals surface area contributed by atoms with Crippen LogP contribution in [0, 0.1) is 11.8 Å². The van der Waals surface area contributed by atoms with Crippen molar-refractivity contribution in [3.8, 4) is 0 Å². The molecule has 3 rings (SSSR count). The fourth-order valence-corrected chi connectivity index (χ4v) is 2.67. The van der Waals surface area contributed by atoms with Gasteiger partial charge in [0.05, 0.1) is 12.2 Å². The minimum Gasteiger partial charge on any atom is -0.393 e. The van der Waals surface area contributed by atoms with Crippen LogP contribution in [0.1, 0.15) is 13.8 Å². The van der Waals surface area contributed by atoms with Crippen LogP contribution in [-0.4, -0.2) is 24.1 Å². The Hall–Kier alpha value is -1.16. The summed E-state index contributed by atoms with van der Waals surface area (Å²) in [6, 6.07) is 0. The summed E-state index contributed by atoms with van der Waals surface area (Å²) >= 11 is 0. The van der Waals surface area contributed by atoms with E-state index in [1.807, 2.05) is 13.8 Å². The second kappa shape index (κ2) is 2.25.